The Morgan fingerprint density at radius 3 is 2.26 bits per heavy atom. The molecule has 0 atom stereocenters. The standard InChI is InChI=1S/C18H19N3O5S/c1-3-26-13-6-4-12(5-7-13)21(2)27(24,25)14-8-9-15-16(10-14)20-18(23)11-17(22)19-15/h4-10H,3,11H2,1-2H3,(H,19,22)(H,20,23). The van der Waals surface area contributed by atoms with E-state index in [0.29, 0.717) is 23.7 Å². The molecule has 0 aromatic heterocycles. The number of amides is 2. The van der Waals surface area contributed by atoms with Crippen LogP contribution in [0, 0.1) is 0 Å². The second kappa shape index (κ2) is 7.28. The fraction of sp³-hybridized carbons (Fsp3) is 0.222. The molecule has 27 heavy (non-hydrogen) atoms. The number of fused-ring (bicyclic) bond motifs is 1. The van der Waals surface area contributed by atoms with Crippen LogP contribution in [-0.2, 0) is 19.6 Å². The predicted molar refractivity (Wildman–Crippen MR) is 102 cm³/mol. The van der Waals surface area contributed by atoms with Gasteiger partial charge in [-0.05, 0) is 49.4 Å². The van der Waals surface area contributed by atoms with E-state index in [0.717, 1.165) is 4.31 Å². The third-order valence-electron chi connectivity index (χ3n) is 4.03. The zero-order valence-electron chi connectivity index (χ0n) is 14.9. The van der Waals surface area contributed by atoms with Gasteiger partial charge in [-0.15, -0.1) is 0 Å². The van der Waals surface area contributed by atoms with Crippen LogP contribution in [-0.4, -0.2) is 33.9 Å². The van der Waals surface area contributed by atoms with E-state index in [4.69, 9.17) is 4.74 Å². The number of nitrogens with one attached hydrogen (secondary N) is 2. The molecule has 2 N–H and O–H groups in total. The smallest absolute Gasteiger partial charge is 0.264 e. The molecule has 0 spiro atoms. The molecule has 1 aliphatic rings. The third-order valence-corrected chi connectivity index (χ3v) is 5.81. The molecule has 1 heterocycles. The lowest BCUT2D eigenvalue weighted by Crippen LogP contribution is -2.26. The summed E-state index contributed by atoms with van der Waals surface area (Å²) in [7, 11) is -2.42. The minimum Gasteiger partial charge on any atom is -0.494 e. The molecule has 142 valence electrons. The second-order valence-corrected chi connectivity index (χ2v) is 7.85. The van der Waals surface area contributed by atoms with Crippen molar-refractivity contribution in [3.63, 3.8) is 0 Å². The molecular weight excluding hydrogens is 370 g/mol. The fourth-order valence-electron chi connectivity index (χ4n) is 2.65. The summed E-state index contributed by atoms with van der Waals surface area (Å²) >= 11 is 0. The van der Waals surface area contributed by atoms with Crippen molar-refractivity contribution in [2.75, 3.05) is 28.6 Å². The quantitative estimate of drug-likeness (QED) is 0.763. The minimum atomic E-state index is -3.87. The average molecular weight is 389 g/mol. The molecule has 0 radical (unpaired) electrons. The topological polar surface area (TPSA) is 105 Å². The summed E-state index contributed by atoms with van der Waals surface area (Å²) < 4.78 is 32.4. The summed E-state index contributed by atoms with van der Waals surface area (Å²) in [4.78, 5) is 23.3. The zero-order chi connectivity index (χ0) is 19.6. The lowest BCUT2D eigenvalue weighted by molar-refractivity contribution is -0.123. The van der Waals surface area contributed by atoms with E-state index in [1.165, 1.54) is 25.2 Å². The number of anilines is 3. The zero-order valence-corrected chi connectivity index (χ0v) is 15.7. The van der Waals surface area contributed by atoms with Crippen molar-refractivity contribution in [3.8, 4) is 5.75 Å². The highest BCUT2D eigenvalue weighted by atomic mass is 32.2. The Labute approximate surface area is 157 Å². The first-order chi connectivity index (χ1) is 12.8. The number of nitrogens with zero attached hydrogens (tertiary/aromatic N) is 1. The molecule has 9 heteroatoms. The summed E-state index contributed by atoms with van der Waals surface area (Å²) in [6.07, 6.45) is -0.317. The van der Waals surface area contributed by atoms with Gasteiger partial charge in [0.25, 0.3) is 10.0 Å². The van der Waals surface area contributed by atoms with Crippen molar-refractivity contribution in [1.29, 1.82) is 0 Å². The van der Waals surface area contributed by atoms with Gasteiger partial charge >= 0.3 is 0 Å². The number of carbonyl (C=O) groups excluding carboxylic acids is 2. The first kappa shape index (κ1) is 18.7. The highest BCUT2D eigenvalue weighted by Crippen LogP contribution is 2.30. The van der Waals surface area contributed by atoms with Gasteiger partial charge in [0, 0.05) is 7.05 Å². The van der Waals surface area contributed by atoms with Crippen molar-refractivity contribution in [3.05, 3.63) is 42.5 Å². The van der Waals surface area contributed by atoms with Crippen LogP contribution in [0.5, 0.6) is 5.75 Å². The molecule has 2 aromatic carbocycles. The number of carbonyl (C=O) groups is 2. The van der Waals surface area contributed by atoms with Crippen LogP contribution in [0.3, 0.4) is 0 Å². The van der Waals surface area contributed by atoms with Gasteiger partial charge in [0.15, 0.2) is 0 Å². The molecule has 2 aromatic rings. The Hall–Kier alpha value is -3.07. The highest BCUT2D eigenvalue weighted by molar-refractivity contribution is 7.92. The van der Waals surface area contributed by atoms with E-state index >= 15 is 0 Å². The number of ether oxygens (including phenoxy) is 1. The molecule has 0 aliphatic carbocycles. The maximum absolute atomic E-state index is 13.0. The minimum absolute atomic E-state index is 0.00548. The Morgan fingerprint density at radius 2 is 1.63 bits per heavy atom. The van der Waals surface area contributed by atoms with Crippen LogP contribution in [0.25, 0.3) is 0 Å². The average Bonchev–Trinajstić information content (AvgIpc) is 2.77. The molecule has 0 unspecified atom stereocenters. The van der Waals surface area contributed by atoms with Crippen molar-refractivity contribution in [2.45, 2.75) is 18.2 Å². The molecule has 2 amide bonds. The Kier molecular flexibility index (Phi) is 5.04. The van der Waals surface area contributed by atoms with Gasteiger partial charge in [0.05, 0.1) is 28.6 Å². The molecule has 8 nitrogen and oxygen atoms in total. The Bertz CT molecular complexity index is 987. The Balaban J connectivity index is 1.92. The van der Waals surface area contributed by atoms with Gasteiger partial charge in [0.2, 0.25) is 11.8 Å². The SMILES string of the molecule is CCOc1ccc(N(C)S(=O)(=O)c2ccc3c(c2)NC(=O)CC(=O)N3)cc1. The van der Waals surface area contributed by atoms with Gasteiger partial charge < -0.3 is 15.4 Å². The summed E-state index contributed by atoms with van der Waals surface area (Å²) in [6.45, 7) is 2.38. The third kappa shape index (κ3) is 3.87. The molecule has 0 fully saturated rings. The number of sulfonamides is 1. The van der Waals surface area contributed by atoms with E-state index in [-0.39, 0.29) is 17.0 Å². The van der Waals surface area contributed by atoms with E-state index in [9.17, 15) is 18.0 Å². The first-order valence-electron chi connectivity index (χ1n) is 8.27. The van der Waals surface area contributed by atoms with Crippen molar-refractivity contribution >= 4 is 38.9 Å². The van der Waals surface area contributed by atoms with E-state index in [1.807, 2.05) is 6.92 Å². The van der Waals surface area contributed by atoms with Gasteiger partial charge in [-0.2, -0.15) is 0 Å². The number of hydrogen-bond acceptors (Lipinski definition) is 5. The van der Waals surface area contributed by atoms with Crippen LogP contribution in [0.15, 0.2) is 47.4 Å². The van der Waals surface area contributed by atoms with Crippen molar-refractivity contribution < 1.29 is 22.7 Å². The van der Waals surface area contributed by atoms with E-state index in [2.05, 4.69) is 10.6 Å². The molecule has 0 bridgehead atoms. The summed E-state index contributed by atoms with van der Waals surface area (Å²) in [5.74, 6) is -0.301. The largest absolute Gasteiger partial charge is 0.494 e. The summed E-state index contributed by atoms with van der Waals surface area (Å²) in [5.41, 5.74) is 1.06. The second-order valence-electron chi connectivity index (χ2n) is 5.88. The first-order valence-corrected chi connectivity index (χ1v) is 9.71. The molecule has 0 saturated heterocycles. The van der Waals surface area contributed by atoms with Gasteiger partial charge in [-0.3, -0.25) is 13.9 Å². The highest BCUT2D eigenvalue weighted by Gasteiger charge is 2.25. The molecule has 1 aliphatic heterocycles. The lowest BCUT2D eigenvalue weighted by atomic mass is 10.2. The van der Waals surface area contributed by atoms with Crippen molar-refractivity contribution in [2.24, 2.45) is 0 Å². The fourth-order valence-corrected chi connectivity index (χ4v) is 3.87. The Morgan fingerprint density at radius 1 is 1.00 bits per heavy atom. The number of benzene rings is 2. The van der Waals surface area contributed by atoms with E-state index < -0.39 is 21.8 Å². The normalized spacial score (nSPS) is 13.9. The van der Waals surface area contributed by atoms with E-state index in [1.54, 1.807) is 24.3 Å². The molecule has 0 saturated carbocycles. The monoisotopic (exact) mass is 389 g/mol. The molecule has 3 rings (SSSR count). The van der Waals surface area contributed by atoms with Crippen LogP contribution < -0.4 is 19.7 Å². The molecular formula is C18H19N3O5S. The van der Waals surface area contributed by atoms with Crippen LogP contribution >= 0.6 is 0 Å². The van der Waals surface area contributed by atoms with Gasteiger partial charge in [0.1, 0.15) is 12.2 Å². The lowest BCUT2D eigenvalue weighted by Gasteiger charge is -2.20. The summed E-state index contributed by atoms with van der Waals surface area (Å²) in [5, 5.41) is 5.11. The maximum Gasteiger partial charge on any atom is 0.264 e. The van der Waals surface area contributed by atoms with Crippen LogP contribution in [0.4, 0.5) is 17.1 Å². The van der Waals surface area contributed by atoms with Crippen LogP contribution in [0.1, 0.15) is 13.3 Å². The number of rotatable bonds is 5. The van der Waals surface area contributed by atoms with Gasteiger partial charge in [-0.1, -0.05) is 0 Å². The van der Waals surface area contributed by atoms with Gasteiger partial charge in [-0.25, -0.2) is 8.42 Å². The predicted octanol–water partition coefficient (Wildman–Crippen LogP) is 2.19. The van der Waals surface area contributed by atoms with Crippen molar-refractivity contribution in [1.82, 2.24) is 0 Å². The van der Waals surface area contributed by atoms with Crippen LogP contribution in [0.2, 0.25) is 0 Å². The maximum atomic E-state index is 13.0. The summed E-state index contributed by atoms with van der Waals surface area (Å²) in [6, 6.07) is 10.9. The number of hydrogen-bond donors (Lipinski definition) is 2.